The van der Waals surface area contributed by atoms with Crippen molar-refractivity contribution in [1.29, 1.82) is 0 Å². The van der Waals surface area contributed by atoms with Crippen LogP contribution in [0.2, 0.25) is 0 Å². The Labute approximate surface area is 114 Å². The topological polar surface area (TPSA) is 75.6 Å². The number of carbonyl (C=O) groups is 2. The van der Waals surface area contributed by atoms with Crippen LogP contribution >= 0.6 is 0 Å². The minimum atomic E-state index is -4.66. The second-order valence-electron chi connectivity index (χ2n) is 4.82. The third kappa shape index (κ3) is 4.36. The van der Waals surface area contributed by atoms with Crippen LogP contribution in [0.15, 0.2) is 0 Å². The monoisotopic (exact) mass is 297 g/mol. The van der Waals surface area contributed by atoms with Crippen molar-refractivity contribution in [3.63, 3.8) is 0 Å². The predicted octanol–water partition coefficient (Wildman–Crippen LogP) is 1.86. The van der Waals surface area contributed by atoms with Gasteiger partial charge >= 0.3 is 12.1 Å². The molecule has 0 heterocycles. The molecule has 1 aliphatic rings. The van der Waals surface area contributed by atoms with E-state index in [2.05, 4.69) is 0 Å². The van der Waals surface area contributed by atoms with Gasteiger partial charge in [0.1, 0.15) is 11.6 Å². The molecule has 2 N–H and O–H groups in total. The fourth-order valence-electron chi connectivity index (χ4n) is 2.38. The molecule has 1 fully saturated rings. The summed E-state index contributed by atoms with van der Waals surface area (Å²) < 4.78 is 42.3. The summed E-state index contributed by atoms with van der Waals surface area (Å²) >= 11 is 0. The molecule has 0 aromatic carbocycles. The van der Waals surface area contributed by atoms with Gasteiger partial charge in [-0.05, 0) is 32.6 Å². The molecule has 1 unspecified atom stereocenters. The van der Waals surface area contributed by atoms with Crippen LogP contribution in [0.1, 0.15) is 39.0 Å². The zero-order valence-corrected chi connectivity index (χ0v) is 11.1. The van der Waals surface area contributed by atoms with Crippen LogP contribution < -0.4 is 5.32 Å². The van der Waals surface area contributed by atoms with Gasteiger partial charge in [0.15, 0.2) is 0 Å². The van der Waals surface area contributed by atoms with E-state index in [1.165, 1.54) is 0 Å². The van der Waals surface area contributed by atoms with Gasteiger partial charge in [-0.25, -0.2) is 4.79 Å². The Kier molecular flexibility index (Phi) is 5.38. The van der Waals surface area contributed by atoms with E-state index in [0.29, 0.717) is 12.8 Å². The summed E-state index contributed by atoms with van der Waals surface area (Å²) in [5, 5.41) is 10.7. The lowest BCUT2D eigenvalue weighted by molar-refractivity contribution is -0.164. The molecule has 0 aliphatic heterocycles. The van der Waals surface area contributed by atoms with Gasteiger partial charge in [0, 0.05) is 6.61 Å². The number of amides is 1. The number of nitrogens with one attached hydrogen (secondary N) is 1. The maximum Gasteiger partial charge on any atom is 0.391 e. The average Bonchev–Trinajstić information content (AvgIpc) is 2.76. The molecule has 0 radical (unpaired) electrons. The molecule has 1 aliphatic carbocycles. The minimum absolute atomic E-state index is 0.241. The highest BCUT2D eigenvalue weighted by Gasteiger charge is 2.45. The molecule has 8 heteroatoms. The van der Waals surface area contributed by atoms with Crippen LogP contribution in [0, 0.1) is 0 Å². The van der Waals surface area contributed by atoms with E-state index in [4.69, 9.17) is 9.84 Å². The zero-order chi connectivity index (χ0) is 15.4. The van der Waals surface area contributed by atoms with Crippen molar-refractivity contribution in [3.8, 4) is 0 Å². The summed E-state index contributed by atoms with van der Waals surface area (Å²) in [5.74, 6) is -2.48. The fraction of sp³-hybridized carbons (Fsp3) is 0.833. The number of hydrogen-bond donors (Lipinski definition) is 2. The molecule has 1 atom stereocenters. The van der Waals surface area contributed by atoms with Gasteiger partial charge < -0.3 is 15.2 Å². The van der Waals surface area contributed by atoms with Gasteiger partial charge in [0.2, 0.25) is 0 Å². The summed E-state index contributed by atoms with van der Waals surface area (Å²) in [4.78, 5) is 22.9. The molecule has 1 saturated carbocycles. The Morgan fingerprint density at radius 2 is 1.90 bits per heavy atom. The van der Waals surface area contributed by atoms with E-state index in [9.17, 15) is 22.8 Å². The van der Waals surface area contributed by atoms with Gasteiger partial charge in [-0.15, -0.1) is 0 Å². The Hall–Kier alpha value is -1.31. The number of halogens is 3. The van der Waals surface area contributed by atoms with Gasteiger partial charge in [-0.1, -0.05) is 0 Å². The Bertz CT molecular complexity index is 364. The van der Waals surface area contributed by atoms with Crippen molar-refractivity contribution in [2.24, 2.45) is 0 Å². The Morgan fingerprint density at radius 1 is 1.35 bits per heavy atom. The molecule has 20 heavy (non-hydrogen) atoms. The summed E-state index contributed by atoms with van der Waals surface area (Å²) in [7, 11) is 0. The lowest BCUT2D eigenvalue weighted by Gasteiger charge is -2.29. The summed E-state index contributed by atoms with van der Waals surface area (Å²) in [6.07, 6.45) is -4.02. The van der Waals surface area contributed by atoms with Crippen molar-refractivity contribution in [1.82, 2.24) is 5.32 Å². The van der Waals surface area contributed by atoms with E-state index in [0.717, 1.165) is 12.8 Å². The van der Waals surface area contributed by atoms with Gasteiger partial charge in [0.05, 0.1) is 6.42 Å². The first-order valence-electron chi connectivity index (χ1n) is 6.44. The van der Waals surface area contributed by atoms with Crippen molar-refractivity contribution < 1.29 is 32.6 Å². The molecular formula is C12H18F3NO4. The van der Waals surface area contributed by atoms with E-state index in [1.54, 1.807) is 6.92 Å². The van der Waals surface area contributed by atoms with Crippen LogP contribution in [-0.2, 0) is 14.3 Å². The Balaban J connectivity index is 2.76. The van der Waals surface area contributed by atoms with Crippen LogP contribution in [0.4, 0.5) is 13.2 Å². The molecule has 1 amide bonds. The molecule has 0 bridgehead atoms. The van der Waals surface area contributed by atoms with Gasteiger partial charge in [0.25, 0.3) is 5.91 Å². The van der Waals surface area contributed by atoms with Crippen LogP contribution in [-0.4, -0.2) is 41.4 Å². The van der Waals surface area contributed by atoms with Crippen LogP contribution in [0.25, 0.3) is 0 Å². The van der Waals surface area contributed by atoms with Crippen molar-refractivity contribution in [3.05, 3.63) is 0 Å². The highest BCUT2D eigenvalue weighted by Crippen LogP contribution is 2.34. The first-order valence-corrected chi connectivity index (χ1v) is 6.44. The number of carboxylic acids is 1. The largest absolute Gasteiger partial charge is 0.480 e. The molecule has 0 saturated heterocycles. The van der Waals surface area contributed by atoms with Crippen LogP contribution in [0.3, 0.4) is 0 Å². The normalized spacial score (nSPS) is 19.6. The molecule has 0 aromatic heterocycles. The SMILES string of the molecule is CCOC1(C(=O)NC(CC(F)(F)F)C(=O)O)CCCC1. The maximum atomic E-state index is 12.3. The second-order valence-corrected chi connectivity index (χ2v) is 4.82. The van der Waals surface area contributed by atoms with Crippen molar-refractivity contribution in [2.75, 3.05) is 6.61 Å². The first-order chi connectivity index (χ1) is 9.20. The number of hydrogen-bond acceptors (Lipinski definition) is 3. The summed E-state index contributed by atoms with van der Waals surface area (Å²) in [5.41, 5.74) is -1.19. The van der Waals surface area contributed by atoms with Gasteiger partial charge in [-0.2, -0.15) is 13.2 Å². The minimum Gasteiger partial charge on any atom is -0.480 e. The predicted molar refractivity (Wildman–Crippen MR) is 63.1 cm³/mol. The lowest BCUT2D eigenvalue weighted by atomic mass is 10.00. The maximum absolute atomic E-state index is 12.3. The third-order valence-corrected chi connectivity index (χ3v) is 3.28. The fourth-order valence-corrected chi connectivity index (χ4v) is 2.38. The third-order valence-electron chi connectivity index (χ3n) is 3.28. The molecular weight excluding hydrogens is 279 g/mol. The van der Waals surface area contributed by atoms with E-state index >= 15 is 0 Å². The quantitative estimate of drug-likeness (QED) is 0.784. The lowest BCUT2D eigenvalue weighted by Crippen LogP contribution is -2.53. The number of ether oxygens (including phenoxy) is 1. The summed E-state index contributed by atoms with van der Waals surface area (Å²) in [6, 6.07) is -1.99. The highest BCUT2D eigenvalue weighted by molar-refractivity contribution is 5.89. The molecule has 1 rings (SSSR count). The van der Waals surface area contributed by atoms with E-state index in [-0.39, 0.29) is 6.61 Å². The number of aliphatic carboxylic acids is 1. The first kappa shape index (κ1) is 16.7. The molecule has 5 nitrogen and oxygen atoms in total. The summed E-state index contributed by atoms with van der Waals surface area (Å²) in [6.45, 7) is 1.92. The smallest absolute Gasteiger partial charge is 0.391 e. The number of alkyl halides is 3. The van der Waals surface area contributed by atoms with E-state index < -0.39 is 36.1 Å². The molecule has 116 valence electrons. The van der Waals surface area contributed by atoms with E-state index in [1.807, 2.05) is 5.32 Å². The molecule has 0 aromatic rings. The highest BCUT2D eigenvalue weighted by atomic mass is 19.4. The average molecular weight is 297 g/mol. The standard InChI is InChI=1S/C12H18F3NO4/c1-2-20-11(5-3-4-6-11)10(19)16-8(9(17)18)7-12(13,14)15/h8H,2-7H2,1H3,(H,16,19)(H,17,18). The number of carbonyl (C=O) groups excluding carboxylic acids is 1. The number of carboxylic acid groups (broad SMARTS) is 1. The molecule has 0 spiro atoms. The number of rotatable bonds is 6. The van der Waals surface area contributed by atoms with Gasteiger partial charge in [-0.3, -0.25) is 4.79 Å². The Morgan fingerprint density at radius 3 is 2.30 bits per heavy atom. The van der Waals surface area contributed by atoms with Crippen molar-refractivity contribution in [2.45, 2.75) is 56.8 Å². The van der Waals surface area contributed by atoms with Crippen LogP contribution in [0.5, 0.6) is 0 Å². The van der Waals surface area contributed by atoms with Crippen molar-refractivity contribution >= 4 is 11.9 Å². The zero-order valence-electron chi connectivity index (χ0n) is 11.1. The second kappa shape index (κ2) is 6.43.